The van der Waals surface area contributed by atoms with Crippen molar-refractivity contribution in [1.82, 2.24) is 9.88 Å². The van der Waals surface area contributed by atoms with Crippen LogP contribution in [-0.2, 0) is 11.8 Å². The molecule has 0 bridgehead atoms. The Hall–Kier alpha value is -1.32. The van der Waals surface area contributed by atoms with Gasteiger partial charge in [0.1, 0.15) is 0 Å². The van der Waals surface area contributed by atoms with Crippen molar-refractivity contribution >= 4 is 10.9 Å². The lowest BCUT2D eigenvalue weighted by Crippen LogP contribution is -2.34. The lowest BCUT2D eigenvalue weighted by atomic mass is 10.0. The monoisotopic (exact) mass is 216 g/mol. The number of para-hydroxylation sites is 1. The number of aryl methyl sites for hydroxylation is 1. The van der Waals surface area contributed by atoms with E-state index in [-0.39, 0.29) is 0 Å². The molecule has 0 amide bonds. The fourth-order valence-corrected chi connectivity index (χ4v) is 2.43. The Kier molecular flexibility index (Phi) is 2.42. The molecule has 84 valence electrons. The maximum absolute atomic E-state index is 5.53. The number of morpholine rings is 1. The van der Waals surface area contributed by atoms with Crippen molar-refractivity contribution in [2.75, 3.05) is 19.8 Å². The minimum absolute atomic E-state index is 0.325. The number of ether oxygens (including phenoxy) is 1. The standard InChI is InChI=1S/C13H16N2O/c1-15-7-5-10-3-2-4-11(13(10)15)12-9-16-8-6-14-12/h2-5,7,12,14H,6,8-9H2,1H3. The highest BCUT2D eigenvalue weighted by Gasteiger charge is 2.18. The molecule has 1 aromatic carbocycles. The fourth-order valence-electron chi connectivity index (χ4n) is 2.43. The van der Waals surface area contributed by atoms with Crippen molar-refractivity contribution in [3.05, 3.63) is 36.0 Å². The van der Waals surface area contributed by atoms with Gasteiger partial charge in [0.15, 0.2) is 0 Å². The second-order valence-corrected chi connectivity index (χ2v) is 4.29. The van der Waals surface area contributed by atoms with Crippen molar-refractivity contribution in [3.63, 3.8) is 0 Å². The van der Waals surface area contributed by atoms with E-state index in [4.69, 9.17) is 4.74 Å². The van der Waals surface area contributed by atoms with Gasteiger partial charge in [-0.1, -0.05) is 18.2 Å². The Morgan fingerprint density at radius 2 is 2.31 bits per heavy atom. The minimum Gasteiger partial charge on any atom is -0.378 e. The van der Waals surface area contributed by atoms with E-state index in [1.54, 1.807) is 0 Å². The summed E-state index contributed by atoms with van der Waals surface area (Å²) in [6, 6.07) is 8.94. The van der Waals surface area contributed by atoms with E-state index in [2.05, 4.69) is 47.4 Å². The summed E-state index contributed by atoms with van der Waals surface area (Å²) < 4.78 is 7.71. The number of nitrogens with one attached hydrogen (secondary N) is 1. The van der Waals surface area contributed by atoms with Crippen LogP contribution in [0.25, 0.3) is 10.9 Å². The van der Waals surface area contributed by atoms with Crippen molar-refractivity contribution < 1.29 is 4.74 Å². The summed E-state index contributed by atoms with van der Waals surface area (Å²) in [7, 11) is 2.09. The smallest absolute Gasteiger partial charge is 0.0662 e. The van der Waals surface area contributed by atoms with Crippen molar-refractivity contribution in [3.8, 4) is 0 Å². The Morgan fingerprint density at radius 3 is 3.12 bits per heavy atom. The van der Waals surface area contributed by atoms with Crippen LogP contribution in [0.1, 0.15) is 11.6 Å². The summed E-state index contributed by atoms with van der Waals surface area (Å²) in [4.78, 5) is 0. The van der Waals surface area contributed by atoms with Crippen LogP contribution in [0.2, 0.25) is 0 Å². The molecule has 1 saturated heterocycles. The molecule has 2 aromatic rings. The predicted molar refractivity (Wildman–Crippen MR) is 64.5 cm³/mol. The van der Waals surface area contributed by atoms with Crippen LogP contribution >= 0.6 is 0 Å². The molecule has 3 rings (SSSR count). The van der Waals surface area contributed by atoms with E-state index in [1.807, 2.05) is 0 Å². The summed E-state index contributed by atoms with van der Waals surface area (Å²) in [5.41, 5.74) is 2.65. The first-order chi connectivity index (χ1) is 7.86. The van der Waals surface area contributed by atoms with Gasteiger partial charge in [0.25, 0.3) is 0 Å². The zero-order valence-corrected chi connectivity index (χ0v) is 9.44. The Balaban J connectivity index is 2.10. The number of benzene rings is 1. The maximum Gasteiger partial charge on any atom is 0.0662 e. The molecular formula is C13H16N2O. The third-order valence-electron chi connectivity index (χ3n) is 3.23. The first-order valence-electron chi connectivity index (χ1n) is 5.71. The van der Waals surface area contributed by atoms with Gasteiger partial charge in [-0.15, -0.1) is 0 Å². The predicted octanol–water partition coefficient (Wildman–Crippen LogP) is 1.84. The highest BCUT2D eigenvalue weighted by atomic mass is 16.5. The van der Waals surface area contributed by atoms with Crippen LogP contribution in [0, 0.1) is 0 Å². The number of fused-ring (bicyclic) bond motifs is 1. The van der Waals surface area contributed by atoms with E-state index in [0.29, 0.717) is 6.04 Å². The topological polar surface area (TPSA) is 26.2 Å². The first-order valence-corrected chi connectivity index (χ1v) is 5.71. The van der Waals surface area contributed by atoms with Gasteiger partial charge in [0, 0.05) is 19.8 Å². The summed E-state index contributed by atoms with van der Waals surface area (Å²) >= 11 is 0. The number of aromatic nitrogens is 1. The van der Waals surface area contributed by atoms with Crippen molar-refractivity contribution in [2.45, 2.75) is 6.04 Å². The largest absolute Gasteiger partial charge is 0.378 e. The van der Waals surface area contributed by atoms with E-state index >= 15 is 0 Å². The third kappa shape index (κ3) is 1.52. The summed E-state index contributed by atoms with van der Waals surface area (Å²) in [5.74, 6) is 0. The van der Waals surface area contributed by atoms with Gasteiger partial charge >= 0.3 is 0 Å². The van der Waals surface area contributed by atoms with Crippen LogP contribution < -0.4 is 5.32 Å². The molecule has 2 heterocycles. The Labute approximate surface area is 95.0 Å². The third-order valence-corrected chi connectivity index (χ3v) is 3.23. The second kappa shape index (κ2) is 3.92. The Bertz CT molecular complexity index is 498. The molecule has 0 saturated carbocycles. The molecule has 0 radical (unpaired) electrons. The summed E-state index contributed by atoms with van der Waals surface area (Å²) in [5, 5.41) is 4.80. The number of nitrogens with zero attached hydrogens (tertiary/aromatic N) is 1. The van der Waals surface area contributed by atoms with Crippen LogP contribution in [0.5, 0.6) is 0 Å². The molecule has 3 heteroatoms. The normalized spacial score (nSPS) is 21.4. The van der Waals surface area contributed by atoms with Crippen LogP contribution in [0.4, 0.5) is 0 Å². The number of hydrogen-bond acceptors (Lipinski definition) is 2. The average Bonchev–Trinajstić information content (AvgIpc) is 2.73. The molecule has 0 aliphatic carbocycles. The molecule has 0 spiro atoms. The van der Waals surface area contributed by atoms with Gasteiger partial charge in [-0.25, -0.2) is 0 Å². The maximum atomic E-state index is 5.53. The van der Waals surface area contributed by atoms with Gasteiger partial charge in [-0.2, -0.15) is 0 Å². The first kappa shape index (κ1) is 9.87. The van der Waals surface area contributed by atoms with E-state index < -0.39 is 0 Å². The van der Waals surface area contributed by atoms with E-state index in [1.165, 1.54) is 16.5 Å². The molecule has 1 aliphatic rings. The molecular weight excluding hydrogens is 200 g/mol. The molecule has 1 N–H and O–H groups in total. The van der Waals surface area contributed by atoms with Gasteiger partial charge in [-0.05, 0) is 17.0 Å². The summed E-state index contributed by atoms with van der Waals surface area (Å²) in [6.45, 7) is 2.52. The lowest BCUT2D eigenvalue weighted by molar-refractivity contribution is 0.0772. The van der Waals surface area contributed by atoms with Crippen molar-refractivity contribution in [2.24, 2.45) is 7.05 Å². The zero-order valence-electron chi connectivity index (χ0n) is 9.44. The van der Waals surface area contributed by atoms with Gasteiger partial charge in [0.2, 0.25) is 0 Å². The van der Waals surface area contributed by atoms with Crippen molar-refractivity contribution in [1.29, 1.82) is 0 Å². The SMILES string of the molecule is Cn1ccc2cccc(C3COCCN3)c21. The molecule has 1 atom stereocenters. The quantitative estimate of drug-likeness (QED) is 0.787. The second-order valence-electron chi connectivity index (χ2n) is 4.29. The average molecular weight is 216 g/mol. The van der Waals surface area contributed by atoms with Crippen LogP contribution in [0.3, 0.4) is 0 Å². The molecule has 1 fully saturated rings. The summed E-state index contributed by atoms with van der Waals surface area (Å²) in [6.07, 6.45) is 2.11. The fraction of sp³-hybridized carbons (Fsp3) is 0.385. The molecule has 1 aromatic heterocycles. The highest BCUT2D eigenvalue weighted by molar-refractivity contribution is 5.83. The molecule has 1 aliphatic heterocycles. The zero-order chi connectivity index (χ0) is 11.0. The number of rotatable bonds is 1. The van der Waals surface area contributed by atoms with E-state index in [9.17, 15) is 0 Å². The van der Waals surface area contributed by atoms with Crippen LogP contribution in [0.15, 0.2) is 30.5 Å². The van der Waals surface area contributed by atoms with Gasteiger partial charge < -0.3 is 14.6 Å². The van der Waals surface area contributed by atoms with E-state index in [0.717, 1.165) is 19.8 Å². The molecule has 1 unspecified atom stereocenters. The molecule has 3 nitrogen and oxygen atoms in total. The molecule has 16 heavy (non-hydrogen) atoms. The lowest BCUT2D eigenvalue weighted by Gasteiger charge is -2.25. The number of hydrogen-bond donors (Lipinski definition) is 1. The minimum atomic E-state index is 0.325. The van der Waals surface area contributed by atoms with Crippen LogP contribution in [-0.4, -0.2) is 24.3 Å². The van der Waals surface area contributed by atoms with Gasteiger partial charge in [-0.3, -0.25) is 0 Å². The highest BCUT2D eigenvalue weighted by Crippen LogP contribution is 2.25. The Morgan fingerprint density at radius 1 is 1.38 bits per heavy atom. The van der Waals surface area contributed by atoms with Gasteiger partial charge in [0.05, 0.1) is 24.8 Å².